The van der Waals surface area contributed by atoms with Crippen LogP contribution in [-0.2, 0) is 4.79 Å². The lowest BCUT2D eigenvalue weighted by Crippen LogP contribution is -2.50. The molecule has 1 N–H and O–H groups in total. The van der Waals surface area contributed by atoms with Crippen molar-refractivity contribution in [3.8, 4) is 5.75 Å². The van der Waals surface area contributed by atoms with Crippen LogP contribution in [0.25, 0.3) is 10.9 Å². The third-order valence-electron chi connectivity index (χ3n) is 5.80. The Morgan fingerprint density at radius 1 is 1.17 bits per heavy atom. The Balaban J connectivity index is 1.32. The Morgan fingerprint density at radius 3 is 2.76 bits per heavy atom. The number of benzene rings is 2. The standard InChI is InChI=1S/C22H20ClN3O3/c23-14-5-6-16-17(12-24-18(16)11-14)22(28)25-9-7-15(8-10-25)26-19-3-1-2-4-20(19)29-21(26)13-27/h1-6,11-13,15,21,24H,7-10H2. The highest BCUT2D eigenvalue weighted by molar-refractivity contribution is 6.31. The second-order valence-corrected chi connectivity index (χ2v) is 7.87. The van der Waals surface area contributed by atoms with E-state index >= 15 is 0 Å². The predicted molar refractivity (Wildman–Crippen MR) is 112 cm³/mol. The zero-order valence-corrected chi connectivity index (χ0v) is 16.4. The Morgan fingerprint density at radius 2 is 1.97 bits per heavy atom. The predicted octanol–water partition coefficient (Wildman–Crippen LogP) is 3.85. The summed E-state index contributed by atoms with van der Waals surface area (Å²) in [6.45, 7) is 1.27. The third kappa shape index (κ3) is 3.04. The number of aromatic nitrogens is 1. The Hall–Kier alpha value is -2.99. The van der Waals surface area contributed by atoms with Crippen molar-refractivity contribution in [3.63, 3.8) is 0 Å². The number of amides is 1. The number of aromatic amines is 1. The largest absolute Gasteiger partial charge is 0.461 e. The second kappa shape index (κ2) is 7.12. The molecule has 1 saturated heterocycles. The number of carbonyl (C=O) groups excluding carboxylic acids is 2. The number of likely N-dealkylation sites (tertiary alicyclic amines) is 1. The van der Waals surface area contributed by atoms with Gasteiger partial charge < -0.3 is 19.5 Å². The van der Waals surface area contributed by atoms with E-state index in [1.54, 1.807) is 12.3 Å². The molecule has 2 aromatic carbocycles. The maximum absolute atomic E-state index is 13.1. The van der Waals surface area contributed by atoms with Crippen molar-refractivity contribution in [2.24, 2.45) is 0 Å². The number of halogens is 1. The molecule has 1 amide bonds. The maximum Gasteiger partial charge on any atom is 0.256 e. The highest BCUT2D eigenvalue weighted by atomic mass is 35.5. The first-order valence-corrected chi connectivity index (χ1v) is 10.1. The fourth-order valence-electron chi connectivity index (χ4n) is 4.38. The van der Waals surface area contributed by atoms with Crippen LogP contribution in [0.3, 0.4) is 0 Å². The molecule has 5 rings (SSSR count). The van der Waals surface area contributed by atoms with Gasteiger partial charge in [0.05, 0.1) is 11.3 Å². The molecule has 0 saturated carbocycles. The molecule has 6 nitrogen and oxygen atoms in total. The van der Waals surface area contributed by atoms with Crippen molar-refractivity contribution in [2.45, 2.75) is 25.1 Å². The van der Waals surface area contributed by atoms with Crippen LogP contribution < -0.4 is 9.64 Å². The lowest BCUT2D eigenvalue weighted by molar-refractivity contribution is -0.113. The number of para-hydroxylation sites is 2. The van der Waals surface area contributed by atoms with Crippen LogP contribution in [0.4, 0.5) is 5.69 Å². The van der Waals surface area contributed by atoms with E-state index in [4.69, 9.17) is 16.3 Å². The average molecular weight is 410 g/mol. The van der Waals surface area contributed by atoms with Gasteiger partial charge in [0.1, 0.15) is 5.75 Å². The average Bonchev–Trinajstić information content (AvgIpc) is 3.34. The summed E-state index contributed by atoms with van der Waals surface area (Å²) in [5.41, 5.74) is 2.47. The molecule has 3 aromatic rings. The first-order valence-electron chi connectivity index (χ1n) is 9.71. The molecule has 3 heterocycles. The Bertz CT molecular complexity index is 1090. The molecule has 0 spiro atoms. The van der Waals surface area contributed by atoms with Gasteiger partial charge in [0.15, 0.2) is 6.29 Å². The highest BCUT2D eigenvalue weighted by Crippen LogP contribution is 2.39. The summed E-state index contributed by atoms with van der Waals surface area (Å²) < 4.78 is 5.78. The number of anilines is 1. The smallest absolute Gasteiger partial charge is 0.256 e. The number of fused-ring (bicyclic) bond motifs is 2. The van der Waals surface area contributed by atoms with Crippen LogP contribution in [0.5, 0.6) is 5.75 Å². The van der Waals surface area contributed by atoms with Crippen molar-refractivity contribution < 1.29 is 14.3 Å². The summed E-state index contributed by atoms with van der Waals surface area (Å²) in [6.07, 6.45) is 3.55. The molecule has 0 radical (unpaired) electrons. The van der Waals surface area contributed by atoms with Crippen LogP contribution in [0.15, 0.2) is 48.7 Å². The van der Waals surface area contributed by atoms with Gasteiger partial charge in [-0.25, -0.2) is 0 Å². The van der Waals surface area contributed by atoms with E-state index in [2.05, 4.69) is 9.88 Å². The summed E-state index contributed by atoms with van der Waals surface area (Å²) in [4.78, 5) is 31.7. The Kier molecular flexibility index (Phi) is 4.43. The summed E-state index contributed by atoms with van der Waals surface area (Å²) in [7, 11) is 0. The van der Waals surface area contributed by atoms with E-state index in [-0.39, 0.29) is 11.9 Å². The molecular weight excluding hydrogens is 390 g/mol. The number of hydrogen-bond donors (Lipinski definition) is 1. The SMILES string of the molecule is O=CC1Oc2ccccc2N1C1CCN(C(=O)c2c[nH]c3cc(Cl)ccc23)CC1. The van der Waals surface area contributed by atoms with Gasteiger partial charge in [-0.05, 0) is 37.1 Å². The molecule has 1 aromatic heterocycles. The van der Waals surface area contributed by atoms with Gasteiger partial charge in [0.2, 0.25) is 6.23 Å². The molecule has 148 valence electrons. The third-order valence-corrected chi connectivity index (χ3v) is 6.04. The summed E-state index contributed by atoms with van der Waals surface area (Å²) in [5, 5.41) is 1.52. The van der Waals surface area contributed by atoms with E-state index in [9.17, 15) is 9.59 Å². The number of rotatable bonds is 3. The van der Waals surface area contributed by atoms with E-state index in [0.717, 1.165) is 41.5 Å². The van der Waals surface area contributed by atoms with Crippen molar-refractivity contribution in [2.75, 3.05) is 18.0 Å². The van der Waals surface area contributed by atoms with Crippen molar-refractivity contribution in [1.82, 2.24) is 9.88 Å². The molecule has 2 aliphatic rings. The van der Waals surface area contributed by atoms with Gasteiger partial charge in [0, 0.05) is 41.3 Å². The first-order chi connectivity index (χ1) is 14.2. The number of H-pyrrole nitrogens is 1. The molecule has 7 heteroatoms. The fourth-order valence-corrected chi connectivity index (χ4v) is 4.56. The molecule has 1 unspecified atom stereocenters. The number of piperidine rings is 1. The molecule has 0 aliphatic carbocycles. The monoisotopic (exact) mass is 409 g/mol. The normalized spacial score (nSPS) is 19.3. The van der Waals surface area contributed by atoms with Crippen molar-refractivity contribution >= 4 is 40.4 Å². The quantitative estimate of drug-likeness (QED) is 0.667. The van der Waals surface area contributed by atoms with Gasteiger partial charge in [-0.15, -0.1) is 0 Å². The van der Waals surface area contributed by atoms with Crippen molar-refractivity contribution in [1.29, 1.82) is 0 Å². The van der Waals surface area contributed by atoms with E-state index in [1.165, 1.54) is 0 Å². The lowest BCUT2D eigenvalue weighted by atomic mass is 10.0. The second-order valence-electron chi connectivity index (χ2n) is 7.44. The summed E-state index contributed by atoms with van der Waals surface area (Å²) >= 11 is 6.04. The van der Waals surface area contributed by atoms with E-state index in [1.807, 2.05) is 41.3 Å². The van der Waals surface area contributed by atoms with Gasteiger partial charge in [-0.1, -0.05) is 29.8 Å². The minimum absolute atomic E-state index is 0.0158. The van der Waals surface area contributed by atoms with Gasteiger partial charge in [-0.2, -0.15) is 0 Å². The Labute approximate surface area is 173 Å². The highest BCUT2D eigenvalue weighted by Gasteiger charge is 2.37. The fraction of sp³-hybridized carbons (Fsp3) is 0.273. The van der Waals surface area contributed by atoms with Crippen LogP contribution in [0.2, 0.25) is 5.02 Å². The van der Waals surface area contributed by atoms with E-state index < -0.39 is 6.23 Å². The van der Waals surface area contributed by atoms with Crippen LogP contribution in [0.1, 0.15) is 23.2 Å². The number of nitrogens with zero attached hydrogens (tertiary/aromatic N) is 2. The van der Waals surface area contributed by atoms with Gasteiger partial charge >= 0.3 is 0 Å². The zero-order valence-electron chi connectivity index (χ0n) is 15.7. The minimum atomic E-state index is -0.599. The van der Waals surface area contributed by atoms with Gasteiger partial charge in [-0.3, -0.25) is 9.59 Å². The number of aldehydes is 1. The molecule has 29 heavy (non-hydrogen) atoms. The molecular formula is C22H20ClN3O3. The maximum atomic E-state index is 13.1. The van der Waals surface area contributed by atoms with E-state index in [0.29, 0.717) is 23.7 Å². The van der Waals surface area contributed by atoms with Crippen molar-refractivity contribution in [3.05, 3.63) is 59.2 Å². The number of hydrogen-bond acceptors (Lipinski definition) is 4. The number of ether oxygens (including phenoxy) is 1. The molecule has 1 atom stereocenters. The van der Waals surface area contributed by atoms with Crippen LogP contribution in [0, 0.1) is 0 Å². The number of nitrogens with one attached hydrogen (secondary N) is 1. The molecule has 1 fully saturated rings. The topological polar surface area (TPSA) is 65.6 Å². The number of carbonyl (C=O) groups is 2. The van der Waals surface area contributed by atoms with Crippen LogP contribution >= 0.6 is 11.6 Å². The first kappa shape index (κ1) is 18.1. The molecule has 2 aliphatic heterocycles. The van der Waals surface area contributed by atoms with Gasteiger partial charge in [0.25, 0.3) is 5.91 Å². The summed E-state index contributed by atoms with van der Waals surface area (Å²) in [6, 6.07) is 13.4. The zero-order chi connectivity index (χ0) is 20.0. The summed E-state index contributed by atoms with van der Waals surface area (Å²) in [5.74, 6) is 0.752. The molecule has 0 bridgehead atoms. The minimum Gasteiger partial charge on any atom is -0.461 e. The lowest BCUT2D eigenvalue weighted by Gasteiger charge is -2.38. The van der Waals surface area contributed by atoms with Crippen LogP contribution in [-0.4, -0.2) is 47.4 Å².